The summed E-state index contributed by atoms with van der Waals surface area (Å²) in [4.78, 5) is 12.3. The van der Waals surface area contributed by atoms with E-state index in [9.17, 15) is 13.2 Å². The Hall–Kier alpha value is -2.32. The van der Waals surface area contributed by atoms with Gasteiger partial charge < -0.3 is 9.73 Å². The van der Waals surface area contributed by atoms with Crippen molar-refractivity contribution in [3.05, 3.63) is 88.3 Å². The Kier molecular flexibility index (Phi) is 7.55. The second-order valence-corrected chi connectivity index (χ2v) is 9.26. The van der Waals surface area contributed by atoms with E-state index in [1.54, 1.807) is 12.1 Å². The number of benzene rings is 2. The highest BCUT2D eigenvalue weighted by Crippen LogP contribution is 2.28. The summed E-state index contributed by atoms with van der Waals surface area (Å²) in [5.41, 5.74) is 0.950. The molecule has 0 atom stereocenters. The van der Waals surface area contributed by atoms with Crippen LogP contribution in [0.1, 0.15) is 11.3 Å². The largest absolute Gasteiger partial charge is 0.467 e. The zero-order chi connectivity index (χ0) is 21.6. The Balaban J connectivity index is 1.80. The number of carbonyl (C=O) groups is 1. The number of amides is 1. The second-order valence-electron chi connectivity index (χ2n) is 6.51. The van der Waals surface area contributed by atoms with Gasteiger partial charge >= 0.3 is 0 Å². The highest BCUT2D eigenvalue weighted by atomic mass is 35.5. The SMILES string of the molecule is O=C(CN(CCc1ccccc1)S(=O)(=O)c1cc(Cl)ccc1Cl)NCc1ccco1. The average molecular weight is 467 g/mol. The molecule has 9 heteroatoms. The predicted molar refractivity (Wildman–Crippen MR) is 116 cm³/mol. The molecule has 0 saturated heterocycles. The minimum Gasteiger partial charge on any atom is -0.467 e. The van der Waals surface area contributed by atoms with Crippen molar-refractivity contribution in [2.75, 3.05) is 13.1 Å². The first-order chi connectivity index (χ1) is 14.4. The number of rotatable bonds is 9. The van der Waals surface area contributed by atoms with Crippen LogP contribution in [-0.4, -0.2) is 31.7 Å². The molecule has 3 rings (SSSR count). The van der Waals surface area contributed by atoms with Crippen LogP contribution in [0.25, 0.3) is 0 Å². The van der Waals surface area contributed by atoms with Crippen LogP contribution in [0.15, 0.2) is 76.2 Å². The van der Waals surface area contributed by atoms with Crippen LogP contribution in [0.3, 0.4) is 0 Å². The fraction of sp³-hybridized carbons (Fsp3) is 0.190. The Morgan fingerprint density at radius 3 is 2.50 bits per heavy atom. The first-order valence-corrected chi connectivity index (χ1v) is 11.3. The number of hydrogen-bond acceptors (Lipinski definition) is 4. The number of furan rings is 1. The van der Waals surface area contributed by atoms with Gasteiger partial charge in [0.25, 0.3) is 0 Å². The first kappa shape index (κ1) is 22.4. The van der Waals surface area contributed by atoms with Gasteiger partial charge in [0.05, 0.1) is 24.4 Å². The lowest BCUT2D eigenvalue weighted by Gasteiger charge is -2.22. The summed E-state index contributed by atoms with van der Waals surface area (Å²) in [5, 5.41) is 2.95. The smallest absolute Gasteiger partial charge is 0.245 e. The molecule has 1 N–H and O–H groups in total. The molecule has 0 spiro atoms. The molecule has 0 aliphatic heterocycles. The summed E-state index contributed by atoms with van der Waals surface area (Å²) in [6.07, 6.45) is 1.93. The number of halogens is 2. The lowest BCUT2D eigenvalue weighted by atomic mass is 10.1. The van der Waals surface area contributed by atoms with Crippen molar-refractivity contribution in [2.24, 2.45) is 0 Å². The molecular formula is C21H20Cl2N2O4S. The number of sulfonamides is 1. The van der Waals surface area contributed by atoms with Gasteiger partial charge in [-0.3, -0.25) is 4.79 Å². The van der Waals surface area contributed by atoms with Crippen LogP contribution in [0.4, 0.5) is 0 Å². The van der Waals surface area contributed by atoms with Gasteiger partial charge in [-0.1, -0.05) is 53.5 Å². The molecule has 0 unspecified atom stereocenters. The Bertz CT molecular complexity index is 1090. The molecule has 0 aliphatic carbocycles. The van der Waals surface area contributed by atoms with Gasteiger partial charge in [0.2, 0.25) is 15.9 Å². The van der Waals surface area contributed by atoms with Crippen molar-refractivity contribution >= 4 is 39.1 Å². The van der Waals surface area contributed by atoms with Gasteiger partial charge in [-0.05, 0) is 42.3 Å². The van der Waals surface area contributed by atoms with Crippen LogP contribution < -0.4 is 5.32 Å². The maximum atomic E-state index is 13.3. The van der Waals surface area contributed by atoms with E-state index in [0.29, 0.717) is 12.2 Å². The first-order valence-electron chi connectivity index (χ1n) is 9.14. The van der Waals surface area contributed by atoms with Crippen LogP contribution in [-0.2, 0) is 27.8 Å². The zero-order valence-corrected chi connectivity index (χ0v) is 18.3. The van der Waals surface area contributed by atoms with E-state index in [1.807, 2.05) is 30.3 Å². The summed E-state index contributed by atoms with van der Waals surface area (Å²) in [7, 11) is -4.06. The van der Waals surface area contributed by atoms with Crippen molar-refractivity contribution in [3.63, 3.8) is 0 Å². The molecule has 3 aromatic rings. The van der Waals surface area contributed by atoms with Crippen LogP contribution in [0.5, 0.6) is 0 Å². The topological polar surface area (TPSA) is 79.6 Å². The minimum absolute atomic E-state index is 0.0418. The van der Waals surface area contributed by atoms with Crippen molar-refractivity contribution in [2.45, 2.75) is 17.9 Å². The van der Waals surface area contributed by atoms with E-state index >= 15 is 0 Å². The predicted octanol–water partition coefficient (Wildman–Crippen LogP) is 4.14. The van der Waals surface area contributed by atoms with Gasteiger partial charge in [-0.15, -0.1) is 0 Å². The molecule has 0 radical (unpaired) electrons. The molecule has 0 aliphatic rings. The maximum Gasteiger partial charge on any atom is 0.245 e. The van der Waals surface area contributed by atoms with Crippen molar-refractivity contribution in [1.82, 2.24) is 9.62 Å². The molecule has 0 saturated carbocycles. The quantitative estimate of drug-likeness (QED) is 0.513. The van der Waals surface area contributed by atoms with Gasteiger partial charge in [0, 0.05) is 11.6 Å². The van der Waals surface area contributed by atoms with Crippen LogP contribution in [0, 0.1) is 0 Å². The summed E-state index contributed by atoms with van der Waals surface area (Å²) < 4.78 is 32.8. The summed E-state index contributed by atoms with van der Waals surface area (Å²) in [6, 6.07) is 17.1. The molecule has 1 aromatic heterocycles. The molecule has 1 heterocycles. The molecule has 0 fully saturated rings. The van der Waals surface area contributed by atoms with E-state index in [2.05, 4.69) is 5.32 Å². The lowest BCUT2D eigenvalue weighted by molar-refractivity contribution is -0.121. The standard InChI is InChI=1S/C21H20Cl2N2O4S/c22-17-8-9-19(23)20(13-17)30(27,28)25(11-10-16-5-2-1-3-6-16)15-21(26)24-14-18-7-4-12-29-18/h1-9,12-13H,10-11,14-15H2,(H,24,26). The van der Waals surface area contributed by atoms with E-state index < -0.39 is 15.9 Å². The number of nitrogens with zero attached hydrogens (tertiary/aromatic N) is 1. The van der Waals surface area contributed by atoms with E-state index in [4.69, 9.17) is 27.6 Å². The molecule has 0 bridgehead atoms. The Morgan fingerprint density at radius 1 is 1.03 bits per heavy atom. The van der Waals surface area contributed by atoms with Crippen molar-refractivity contribution in [3.8, 4) is 0 Å². The average Bonchev–Trinajstić information content (AvgIpc) is 3.25. The summed E-state index contributed by atoms with van der Waals surface area (Å²) >= 11 is 12.1. The molecule has 2 aromatic carbocycles. The number of nitrogens with one attached hydrogen (secondary N) is 1. The third-order valence-electron chi connectivity index (χ3n) is 4.36. The number of hydrogen-bond donors (Lipinski definition) is 1. The van der Waals surface area contributed by atoms with Gasteiger partial charge in [0.1, 0.15) is 10.7 Å². The van der Waals surface area contributed by atoms with Gasteiger partial charge in [-0.2, -0.15) is 4.31 Å². The highest BCUT2D eigenvalue weighted by molar-refractivity contribution is 7.89. The molecule has 158 valence electrons. The van der Waals surface area contributed by atoms with Crippen molar-refractivity contribution in [1.29, 1.82) is 0 Å². The lowest BCUT2D eigenvalue weighted by Crippen LogP contribution is -2.41. The van der Waals surface area contributed by atoms with E-state index in [0.717, 1.165) is 9.87 Å². The zero-order valence-electron chi connectivity index (χ0n) is 15.9. The normalized spacial score (nSPS) is 11.6. The summed E-state index contributed by atoms with van der Waals surface area (Å²) in [6.45, 7) is -0.0988. The number of carbonyl (C=O) groups excluding carboxylic acids is 1. The van der Waals surface area contributed by atoms with Gasteiger partial charge in [-0.25, -0.2) is 8.42 Å². The Labute approximate surface area is 185 Å². The van der Waals surface area contributed by atoms with E-state index in [1.165, 1.54) is 24.5 Å². The Morgan fingerprint density at radius 2 is 1.80 bits per heavy atom. The molecular weight excluding hydrogens is 447 g/mol. The van der Waals surface area contributed by atoms with Crippen molar-refractivity contribution < 1.29 is 17.6 Å². The van der Waals surface area contributed by atoms with Crippen LogP contribution in [0.2, 0.25) is 10.0 Å². The minimum atomic E-state index is -4.06. The second kappa shape index (κ2) is 10.1. The molecule has 30 heavy (non-hydrogen) atoms. The monoisotopic (exact) mass is 466 g/mol. The fourth-order valence-corrected chi connectivity index (χ4v) is 4.95. The van der Waals surface area contributed by atoms with Crippen LogP contribution >= 0.6 is 23.2 Å². The third-order valence-corrected chi connectivity index (χ3v) is 6.93. The maximum absolute atomic E-state index is 13.3. The third kappa shape index (κ3) is 5.86. The van der Waals surface area contributed by atoms with E-state index in [-0.39, 0.29) is 34.6 Å². The van der Waals surface area contributed by atoms with Gasteiger partial charge in [0.15, 0.2) is 0 Å². The highest BCUT2D eigenvalue weighted by Gasteiger charge is 2.28. The summed E-state index contributed by atoms with van der Waals surface area (Å²) in [5.74, 6) is 0.112. The fourth-order valence-electron chi connectivity index (χ4n) is 2.81. The molecule has 1 amide bonds. The molecule has 6 nitrogen and oxygen atoms in total.